The van der Waals surface area contributed by atoms with E-state index in [0.29, 0.717) is 12.3 Å². The zero-order valence-electron chi connectivity index (χ0n) is 12.0. The van der Waals surface area contributed by atoms with Gasteiger partial charge in [-0.15, -0.1) is 0 Å². The van der Waals surface area contributed by atoms with Gasteiger partial charge >= 0.3 is 0 Å². The van der Waals surface area contributed by atoms with E-state index in [1.165, 1.54) is 12.8 Å². The molecule has 0 aromatic heterocycles. The maximum Gasteiger partial charge on any atom is 0.224 e. The van der Waals surface area contributed by atoms with Crippen LogP contribution >= 0.6 is 0 Å². The molecule has 1 aliphatic carbocycles. The molecule has 1 saturated carbocycles. The van der Waals surface area contributed by atoms with E-state index in [9.17, 15) is 4.79 Å². The second kappa shape index (κ2) is 5.17. The third-order valence-electron chi connectivity index (χ3n) is 4.22. The largest absolute Gasteiger partial charge is 0.340 e. The van der Waals surface area contributed by atoms with E-state index in [0.717, 1.165) is 26.2 Å². The molecule has 1 saturated heterocycles. The first-order valence-electron chi connectivity index (χ1n) is 7.16. The standard InChI is InChI=1S/C14H27N3O/c1-14(2,3)17-8-6-16(7-9-17)13(18)10-12(15)11-4-5-11/h11-12H,4-10,15H2,1-3H3. The van der Waals surface area contributed by atoms with E-state index in [-0.39, 0.29) is 17.5 Å². The molecule has 1 aliphatic heterocycles. The summed E-state index contributed by atoms with van der Waals surface area (Å²) in [5.41, 5.74) is 6.23. The Bertz CT molecular complexity index is 299. The van der Waals surface area contributed by atoms with Crippen molar-refractivity contribution in [1.82, 2.24) is 9.80 Å². The highest BCUT2D eigenvalue weighted by Crippen LogP contribution is 2.33. The molecule has 4 heteroatoms. The van der Waals surface area contributed by atoms with Gasteiger partial charge in [-0.25, -0.2) is 0 Å². The number of hydrogen-bond acceptors (Lipinski definition) is 3. The van der Waals surface area contributed by atoms with Gasteiger partial charge in [-0.1, -0.05) is 0 Å². The van der Waals surface area contributed by atoms with E-state index in [2.05, 4.69) is 25.7 Å². The van der Waals surface area contributed by atoms with Gasteiger partial charge < -0.3 is 10.6 Å². The SMILES string of the molecule is CC(C)(C)N1CCN(C(=O)CC(N)C2CC2)CC1. The van der Waals surface area contributed by atoms with E-state index in [4.69, 9.17) is 5.73 Å². The molecule has 2 rings (SSSR count). The Hall–Kier alpha value is -0.610. The van der Waals surface area contributed by atoms with E-state index >= 15 is 0 Å². The number of carbonyl (C=O) groups is 1. The van der Waals surface area contributed by atoms with Crippen LogP contribution in [0.3, 0.4) is 0 Å². The number of amides is 1. The third-order valence-corrected chi connectivity index (χ3v) is 4.22. The third kappa shape index (κ3) is 3.45. The molecule has 0 radical (unpaired) electrons. The average Bonchev–Trinajstić information content (AvgIpc) is 3.11. The van der Waals surface area contributed by atoms with Gasteiger partial charge in [0.25, 0.3) is 0 Å². The topological polar surface area (TPSA) is 49.6 Å². The maximum absolute atomic E-state index is 12.1. The predicted molar refractivity (Wildman–Crippen MR) is 73.2 cm³/mol. The fourth-order valence-electron chi connectivity index (χ4n) is 2.65. The number of nitrogens with zero attached hydrogens (tertiary/aromatic N) is 2. The van der Waals surface area contributed by atoms with Gasteiger partial charge in [0.1, 0.15) is 0 Å². The minimum Gasteiger partial charge on any atom is -0.340 e. The van der Waals surface area contributed by atoms with Crippen molar-refractivity contribution < 1.29 is 4.79 Å². The lowest BCUT2D eigenvalue weighted by Gasteiger charge is -2.42. The smallest absolute Gasteiger partial charge is 0.224 e. The van der Waals surface area contributed by atoms with Gasteiger partial charge in [-0.3, -0.25) is 9.69 Å². The van der Waals surface area contributed by atoms with Crippen molar-refractivity contribution in [2.75, 3.05) is 26.2 Å². The number of hydrogen-bond donors (Lipinski definition) is 1. The van der Waals surface area contributed by atoms with Crippen molar-refractivity contribution in [3.63, 3.8) is 0 Å². The van der Waals surface area contributed by atoms with E-state index < -0.39 is 0 Å². The van der Waals surface area contributed by atoms with Crippen LogP contribution < -0.4 is 5.73 Å². The molecular formula is C14H27N3O. The Labute approximate surface area is 110 Å². The summed E-state index contributed by atoms with van der Waals surface area (Å²) >= 11 is 0. The Balaban J connectivity index is 1.76. The van der Waals surface area contributed by atoms with Gasteiger partial charge in [0.05, 0.1) is 0 Å². The summed E-state index contributed by atoms with van der Waals surface area (Å²) in [5, 5.41) is 0. The minimum atomic E-state index is 0.0955. The lowest BCUT2D eigenvalue weighted by molar-refractivity contribution is -0.134. The molecule has 0 bridgehead atoms. The van der Waals surface area contributed by atoms with Crippen molar-refractivity contribution in [1.29, 1.82) is 0 Å². The van der Waals surface area contributed by atoms with Crippen LogP contribution in [-0.4, -0.2) is 53.5 Å². The van der Waals surface area contributed by atoms with E-state index in [1.54, 1.807) is 0 Å². The first kappa shape index (κ1) is 13.8. The van der Waals surface area contributed by atoms with Crippen LogP contribution in [-0.2, 0) is 4.79 Å². The van der Waals surface area contributed by atoms with Gasteiger partial charge in [0.2, 0.25) is 5.91 Å². The summed E-state index contributed by atoms with van der Waals surface area (Å²) in [6.07, 6.45) is 2.97. The second-order valence-electron chi connectivity index (χ2n) is 6.74. The summed E-state index contributed by atoms with van der Waals surface area (Å²) < 4.78 is 0. The summed E-state index contributed by atoms with van der Waals surface area (Å²) in [4.78, 5) is 16.6. The molecule has 104 valence electrons. The molecule has 2 N–H and O–H groups in total. The van der Waals surface area contributed by atoms with Crippen molar-refractivity contribution in [3.8, 4) is 0 Å². The molecule has 2 aliphatic rings. The molecule has 2 fully saturated rings. The van der Waals surface area contributed by atoms with Crippen molar-refractivity contribution in [3.05, 3.63) is 0 Å². The molecule has 18 heavy (non-hydrogen) atoms. The average molecular weight is 253 g/mol. The lowest BCUT2D eigenvalue weighted by Crippen LogP contribution is -2.55. The Kier molecular flexibility index (Phi) is 3.97. The minimum absolute atomic E-state index is 0.0955. The molecule has 1 heterocycles. The van der Waals surface area contributed by atoms with Gasteiger partial charge in [0, 0.05) is 44.2 Å². The maximum atomic E-state index is 12.1. The molecule has 0 aromatic carbocycles. The summed E-state index contributed by atoms with van der Waals surface area (Å²) in [7, 11) is 0. The highest BCUT2D eigenvalue weighted by molar-refractivity contribution is 5.77. The molecule has 1 amide bonds. The Morgan fingerprint density at radius 2 is 1.78 bits per heavy atom. The molecule has 4 nitrogen and oxygen atoms in total. The van der Waals surface area contributed by atoms with Crippen LogP contribution in [0.5, 0.6) is 0 Å². The zero-order valence-corrected chi connectivity index (χ0v) is 12.0. The number of carbonyl (C=O) groups excluding carboxylic acids is 1. The lowest BCUT2D eigenvalue weighted by atomic mass is 10.0. The highest BCUT2D eigenvalue weighted by Gasteiger charge is 2.32. The van der Waals surface area contributed by atoms with Gasteiger partial charge in [-0.05, 0) is 39.5 Å². The fourth-order valence-corrected chi connectivity index (χ4v) is 2.65. The highest BCUT2D eigenvalue weighted by atomic mass is 16.2. The number of rotatable bonds is 3. The fraction of sp³-hybridized carbons (Fsp3) is 0.929. The molecular weight excluding hydrogens is 226 g/mol. The van der Waals surface area contributed by atoms with Crippen LogP contribution in [0.4, 0.5) is 0 Å². The number of piperazine rings is 1. The van der Waals surface area contributed by atoms with Crippen LogP contribution in [0.15, 0.2) is 0 Å². The van der Waals surface area contributed by atoms with Crippen LogP contribution in [0.2, 0.25) is 0 Å². The van der Waals surface area contributed by atoms with Crippen molar-refractivity contribution >= 4 is 5.91 Å². The zero-order chi connectivity index (χ0) is 13.3. The predicted octanol–water partition coefficient (Wildman–Crippen LogP) is 1.06. The summed E-state index contributed by atoms with van der Waals surface area (Å²) in [6.45, 7) is 10.4. The number of nitrogens with two attached hydrogens (primary N) is 1. The van der Waals surface area contributed by atoms with Gasteiger partial charge in [0.15, 0.2) is 0 Å². The van der Waals surface area contributed by atoms with Gasteiger partial charge in [-0.2, -0.15) is 0 Å². The quantitative estimate of drug-likeness (QED) is 0.818. The second-order valence-corrected chi connectivity index (χ2v) is 6.74. The molecule has 1 atom stereocenters. The van der Waals surface area contributed by atoms with Crippen LogP contribution in [0.1, 0.15) is 40.0 Å². The van der Waals surface area contributed by atoms with Crippen molar-refractivity contribution in [2.24, 2.45) is 11.7 Å². The van der Waals surface area contributed by atoms with Crippen LogP contribution in [0, 0.1) is 5.92 Å². The first-order chi connectivity index (χ1) is 8.38. The molecule has 0 aromatic rings. The summed E-state index contributed by atoms with van der Waals surface area (Å²) in [5.74, 6) is 0.868. The van der Waals surface area contributed by atoms with Crippen LogP contribution in [0.25, 0.3) is 0 Å². The molecule has 1 unspecified atom stereocenters. The molecule has 0 spiro atoms. The monoisotopic (exact) mass is 253 g/mol. The first-order valence-corrected chi connectivity index (χ1v) is 7.16. The van der Waals surface area contributed by atoms with Crippen molar-refractivity contribution in [2.45, 2.75) is 51.6 Å². The Morgan fingerprint density at radius 1 is 1.22 bits per heavy atom. The Morgan fingerprint density at radius 3 is 2.22 bits per heavy atom. The normalized spacial score (nSPS) is 24.1. The summed E-state index contributed by atoms with van der Waals surface area (Å²) in [6, 6.07) is 0.0955. The van der Waals surface area contributed by atoms with E-state index in [1.807, 2.05) is 4.90 Å².